The largest absolute Gasteiger partial charge is 0.421 e. The molecular weight excluding hydrogens is 346 g/mol. The fourth-order valence-corrected chi connectivity index (χ4v) is 3.11. The minimum Gasteiger partial charge on any atom is -0.421 e. The standard InChI is InChI=1S/C24H19N3O/c1-16-9-11-17(12-10-16)19-13-20(15-27-14-19)23(25)28-24(26)22-8-4-6-18-5-2-3-7-21(18)22/h2-15,25-26H,1H3. The maximum atomic E-state index is 8.35. The van der Waals surface area contributed by atoms with E-state index in [9.17, 15) is 0 Å². The molecule has 0 aliphatic carbocycles. The molecule has 4 rings (SSSR count). The van der Waals surface area contributed by atoms with Gasteiger partial charge in [0, 0.05) is 23.5 Å². The first-order valence-electron chi connectivity index (χ1n) is 8.97. The van der Waals surface area contributed by atoms with Gasteiger partial charge >= 0.3 is 0 Å². The zero-order valence-corrected chi connectivity index (χ0v) is 15.4. The van der Waals surface area contributed by atoms with Gasteiger partial charge in [-0.25, -0.2) is 0 Å². The van der Waals surface area contributed by atoms with Crippen molar-refractivity contribution < 1.29 is 4.74 Å². The third-order valence-corrected chi connectivity index (χ3v) is 4.62. The Morgan fingerprint density at radius 3 is 2.36 bits per heavy atom. The molecule has 4 nitrogen and oxygen atoms in total. The lowest BCUT2D eigenvalue weighted by Crippen LogP contribution is -2.13. The summed E-state index contributed by atoms with van der Waals surface area (Å²) in [7, 11) is 0. The second-order valence-corrected chi connectivity index (χ2v) is 6.62. The monoisotopic (exact) mass is 365 g/mol. The summed E-state index contributed by atoms with van der Waals surface area (Å²) in [6.07, 6.45) is 3.34. The van der Waals surface area contributed by atoms with E-state index in [1.165, 1.54) is 5.56 Å². The van der Waals surface area contributed by atoms with Crippen molar-refractivity contribution in [1.29, 1.82) is 10.8 Å². The molecule has 3 aromatic carbocycles. The van der Waals surface area contributed by atoms with Gasteiger partial charge in [0.05, 0.1) is 5.56 Å². The summed E-state index contributed by atoms with van der Waals surface area (Å²) >= 11 is 0. The molecule has 4 aromatic rings. The lowest BCUT2D eigenvalue weighted by Gasteiger charge is -2.11. The van der Waals surface area contributed by atoms with E-state index in [4.69, 9.17) is 15.6 Å². The maximum Gasteiger partial charge on any atom is 0.222 e. The number of nitrogens with zero attached hydrogens (tertiary/aromatic N) is 1. The summed E-state index contributed by atoms with van der Waals surface area (Å²) < 4.78 is 5.57. The highest BCUT2D eigenvalue weighted by molar-refractivity contribution is 6.11. The van der Waals surface area contributed by atoms with Crippen LogP contribution in [0.4, 0.5) is 0 Å². The van der Waals surface area contributed by atoms with E-state index in [1.807, 2.05) is 79.7 Å². The molecule has 28 heavy (non-hydrogen) atoms. The van der Waals surface area contributed by atoms with Crippen molar-refractivity contribution in [2.75, 3.05) is 0 Å². The van der Waals surface area contributed by atoms with E-state index in [1.54, 1.807) is 12.4 Å². The van der Waals surface area contributed by atoms with Gasteiger partial charge in [0.25, 0.3) is 0 Å². The van der Waals surface area contributed by atoms with Crippen molar-refractivity contribution in [2.45, 2.75) is 6.92 Å². The minimum absolute atomic E-state index is 0.0532. The Balaban J connectivity index is 1.59. The highest BCUT2D eigenvalue weighted by Crippen LogP contribution is 2.22. The number of rotatable bonds is 3. The van der Waals surface area contributed by atoms with Gasteiger partial charge in [-0.2, -0.15) is 0 Å². The van der Waals surface area contributed by atoms with Crippen molar-refractivity contribution in [3.63, 3.8) is 0 Å². The van der Waals surface area contributed by atoms with Gasteiger partial charge in [0.15, 0.2) is 0 Å². The van der Waals surface area contributed by atoms with Gasteiger partial charge < -0.3 is 4.74 Å². The number of hydrogen-bond acceptors (Lipinski definition) is 4. The van der Waals surface area contributed by atoms with Crippen molar-refractivity contribution in [3.05, 3.63) is 102 Å². The molecule has 0 unspecified atom stereocenters. The van der Waals surface area contributed by atoms with E-state index in [2.05, 4.69) is 4.98 Å². The van der Waals surface area contributed by atoms with Crippen molar-refractivity contribution in [2.24, 2.45) is 0 Å². The molecule has 0 spiro atoms. The molecular formula is C24H19N3O. The summed E-state index contributed by atoms with van der Waals surface area (Å²) in [6.45, 7) is 2.04. The van der Waals surface area contributed by atoms with Gasteiger partial charge in [0.1, 0.15) is 0 Å². The van der Waals surface area contributed by atoms with Crippen LogP contribution < -0.4 is 0 Å². The van der Waals surface area contributed by atoms with Crippen LogP contribution in [-0.2, 0) is 4.74 Å². The molecule has 0 saturated carbocycles. The average Bonchev–Trinajstić information content (AvgIpc) is 2.74. The molecule has 1 aromatic heterocycles. The van der Waals surface area contributed by atoms with Crippen molar-refractivity contribution in [1.82, 2.24) is 4.98 Å². The zero-order valence-electron chi connectivity index (χ0n) is 15.4. The molecule has 0 saturated heterocycles. The van der Waals surface area contributed by atoms with E-state index < -0.39 is 0 Å². The summed E-state index contributed by atoms with van der Waals surface area (Å²) in [5.41, 5.74) is 4.31. The van der Waals surface area contributed by atoms with E-state index in [-0.39, 0.29) is 11.8 Å². The molecule has 0 fully saturated rings. The maximum absolute atomic E-state index is 8.35. The Morgan fingerprint density at radius 1 is 0.786 bits per heavy atom. The van der Waals surface area contributed by atoms with Crippen LogP contribution in [0.15, 0.2) is 85.2 Å². The summed E-state index contributed by atoms with van der Waals surface area (Å²) in [5, 5.41) is 18.6. The molecule has 0 atom stereocenters. The van der Waals surface area contributed by atoms with Crippen LogP contribution in [-0.4, -0.2) is 16.8 Å². The molecule has 0 bridgehead atoms. The number of nitrogens with one attached hydrogen (secondary N) is 2. The van der Waals surface area contributed by atoms with E-state index in [0.29, 0.717) is 11.1 Å². The Kier molecular flexibility index (Phi) is 4.68. The summed E-state index contributed by atoms with van der Waals surface area (Å²) in [6, 6.07) is 23.5. The predicted molar refractivity (Wildman–Crippen MR) is 113 cm³/mol. The second kappa shape index (κ2) is 7.45. The minimum atomic E-state index is -0.0978. The van der Waals surface area contributed by atoms with E-state index in [0.717, 1.165) is 21.9 Å². The number of aromatic nitrogens is 1. The number of benzene rings is 3. The first-order chi connectivity index (χ1) is 13.6. The number of pyridine rings is 1. The lowest BCUT2D eigenvalue weighted by atomic mass is 10.0. The molecule has 136 valence electrons. The number of hydrogen-bond donors (Lipinski definition) is 2. The number of ether oxygens (including phenoxy) is 1. The smallest absolute Gasteiger partial charge is 0.222 e. The van der Waals surface area contributed by atoms with Crippen LogP contribution in [0.5, 0.6) is 0 Å². The Morgan fingerprint density at radius 2 is 1.54 bits per heavy atom. The van der Waals surface area contributed by atoms with Crippen LogP contribution >= 0.6 is 0 Å². The van der Waals surface area contributed by atoms with Crippen LogP contribution in [0, 0.1) is 17.7 Å². The van der Waals surface area contributed by atoms with Crippen molar-refractivity contribution >= 4 is 22.6 Å². The fourth-order valence-electron chi connectivity index (χ4n) is 3.11. The van der Waals surface area contributed by atoms with E-state index >= 15 is 0 Å². The molecule has 0 aliphatic rings. The van der Waals surface area contributed by atoms with Gasteiger partial charge in [-0.1, -0.05) is 66.2 Å². The molecule has 0 radical (unpaired) electrons. The fraction of sp³-hybridized carbons (Fsp3) is 0.0417. The highest BCUT2D eigenvalue weighted by atomic mass is 16.5. The first-order valence-corrected chi connectivity index (χ1v) is 8.97. The van der Waals surface area contributed by atoms with Gasteiger partial charge in [0.2, 0.25) is 11.8 Å². The Labute approximate surface area is 163 Å². The quantitative estimate of drug-likeness (QED) is 0.368. The molecule has 1 heterocycles. The molecule has 0 amide bonds. The summed E-state index contributed by atoms with van der Waals surface area (Å²) in [4.78, 5) is 4.24. The zero-order chi connectivity index (χ0) is 19.5. The molecule has 0 aliphatic heterocycles. The number of aryl methyl sites for hydroxylation is 1. The topological polar surface area (TPSA) is 69.8 Å². The highest BCUT2D eigenvalue weighted by Gasteiger charge is 2.13. The van der Waals surface area contributed by atoms with Gasteiger partial charge in [-0.15, -0.1) is 0 Å². The lowest BCUT2D eigenvalue weighted by molar-refractivity contribution is 0.538. The van der Waals surface area contributed by atoms with Crippen molar-refractivity contribution in [3.8, 4) is 11.1 Å². The van der Waals surface area contributed by atoms with Gasteiger partial charge in [-0.05, 0) is 35.4 Å². The van der Waals surface area contributed by atoms with Crippen LogP contribution in [0.1, 0.15) is 16.7 Å². The molecule has 2 N–H and O–H groups in total. The predicted octanol–water partition coefficient (Wildman–Crippen LogP) is 5.58. The molecule has 4 heteroatoms. The second-order valence-electron chi connectivity index (χ2n) is 6.62. The average molecular weight is 365 g/mol. The number of fused-ring (bicyclic) bond motifs is 1. The normalized spacial score (nSPS) is 10.6. The summed E-state index contributed by atoms with van der Waals surface area (Å²) in [5.74, 6) is -0.151. The Hall–Kier alpha value is -3.79. The SMILES string of the molecule is Cc1ccc(-c2cncc(C(=N)OC(=N)c3cccc4ccccc34)c2)cc1. The van der Waals surface area contributed by atoms with Crippen LogP contribution in [0.3, 0.4) is 0 Å². The third-order valence-electron chi connectivity index (χ3n) is 4.62. The third kappa shape index (κ3) is 3.53. The van der Waals surface area contributed by atoms with Gasteiger partial charge in [-0.3, -0.25) is 15.8 Å². The first kappa shape index (κ1) is 17.6. The van der Waals surface area contributed by atoms with Crippen LogP contribution in [0.25, 0.3) is 21.9 Å². The van der Waals surface area contributed by atoms with Crippen LogP contribution in [0.2, 0.25) is 0 Å². The Bertz CT molecular complexity index is 1170.